The third kappa shape index (κ3) is 2.99. The summed E-state index contributed by atoms with van der Waals surface area (Å²) in [5.74, 6) is 0.214. The third-order valence-electron chi connectivity index (χ3n) is 7.65. The van der Waals surface area contributed by atoms with Crippen molar-refractivity contribution in [2.45, 2.75) is 39.2 Å². The standard InChI is InChI=1S/C21H29N3O4S/c1-20(2)15-9-10-21(20)13-29(27,28)24(17(21)11-15)12-18(25)22-16-7-5-14(6-8-16)19(26)23(3)4/h5-8,15,17H,9-13H2,1-4H3,(H,22,25)/t15-,17-,21+/m1/s1. The largest absolute Gasteiger partial charge is 0.345 e. The molecule has 3 aliphatic rings. The van der Waals surface area contributed by atoms with Gasteiger partial charge in [-0.25, -0.2) is 8.42 Å². The number of hydrogen-bond donors (Lipinski definition) is 1. The molecule has 8 heteroatoms. The van der Waals surface area contributed by atoms with Crippen LogP contribution in [0.3, 0.4) is 0 Å². The highest BCUT2D eigenvalue weighted by Gasteiger charge is 2.71. The SMILES string of the molecule is CN(C)C(=O)c1ccc(NC(=O)CN2[C@@H]3C[C@H]4CC[C@@]3(CS2(=O)=O)C4(C)C)cc1. The van der Waals surface area contributed by atoms with Gasteiger partial charge in [0.25, 0.3) is 5.91 Å². The van der Waals surface area contributed by atoms with Crippen molar-refractivity contribution in [2.75, 3.05) is 31.7 Å². The Morgan fingerprint density at radius 3 is 2.45 bits per heavy atom. The lowest BCUT2D eigenvalue weighted by Crippen LogP contribution is -2.44. The molecular weight excluding hydrogens is 390 g/mol. The molecule has 1 aliphatic heterocycles. The molecule has 1 aromatic carbocycles. The van der Waals surface area contributed by atoms with Crippen LogP contribution in [0.25, 0.3) is 0 Å². The number of rotatable bonds is 4. The number of carbonyl (C=O) groups is 2. The van der Waals surface area contributed by atoms with Gasteiger partial charge in [0.05, 0.1) is 12.3 Å². The smallest absolute Gasteiger partial charge is 0.253 e. The van der Waals surface area contributed by atoms with Crippen LogP contribution < -0.4 is 5.32 Å². The first-order chi connectivity index (χ1) is 13.5. The lowest BCUT2D eigenvalue weighted by molar-refractivity contribution is -0.116. The second-order valence-corrected chi connectivity index (χ2v) is 11.4. The highest BCUT2D eigenvalue weighted by atomic mass is 32.2. The first-order valence-electron chi connectivity index (χ1n) is 10.1. The molecular formula is C21H29N3O4S. The van der Waals surface area contributed by atoms with E-state index in [0.29, 0.717) is 17.2 Å². The minimum Gasteiger partial charge on any atom is -0.345 e. The van der Waals surface area contributed by atoms with Crippen LogP contribution in [0.4, 0.5) is 5.69 Å². The quantitative estimate of drug-likeness (QED) is 0.810. The lowest BCUT2D eigenvalue weighted by atomic mass is 9.69. The van der Waals surface area contributed by atoms with Gasteiger partial charge in [0, 0.05) is 36.8 Å². The Kier molecular flexibility index (Phi) is 4.59. The molecule has 7 nitrogen and oxygen atoms in total. The summed E-state index contributed by atoms with van der Waals surface area (Å²) in [7, 11) is -0.0961. The summed E-state index contributed by atoms with van der Waals surface area (Å²) >= 11 is 0. The van der Waals surface area contributed by atoms with E-state index < -0.39 is 10.0 Å². The highest BCUT2D eigenvalue weighted by molar-refractivity contribution is 7.89. The molecule has 3 fully saturated rings. The van der Waals surface area contributed by atoms with Crippen molar-refractivity contribution in [3.05, 3.63) is 29.8 Å². The van der Waals surface area contributed by atoms with Gasteiger partial charge in [0.15, 0.2) is 0 Å². The van der Waals surface area contributed by atoms with Crippen LogP contribution in [0.2, 0.25) is 0 Å². The maximum Gasteiger partial charge on any atom is 0.253 e. The normalized spacial score (nSPS) is 31.4. The van der Waals surface area contributed by atoms with E-state index in [1.54, 1.807) is 38.4 Å². The monoisotopic (exact) mass is 419 g/mol. The predicted molar refractivity (Wildman–Crippen MR) is 111 cm³/mol. The average Bonchev–Trinajstić information content (AvgIpc) is 3.11. The van der Waals surface area contributed by atoms with Crippen molar-refractivity contribution in [2.24, 2.45) is 16.7 Å². The molecule has 158 valence electrons. The van der Waals surface area contributed by atoms with Crippen molar-refractivity contribution in [1.82, 2.24) is 9.21 Å². The number of benzene rings is 1. The van der Waals surface area contributed by atoms with Gasteiger partial charge in [-0.1, -0.05) is 13.8 Å². The van der Waals surface area contributed by atoms with Crippen molar-refractivity contribution in [3.63, 3.8) is 0 Å². The predicted octanol–water partition coefficient (Wildman–Crippen LogP) is 2.17. The molecule has 1 N–H and O–H groups in total. The molecule has 1 saturated heterocycles. The molecule has 0 aromatic heterocycles. The van der Waals surface area contributed by atoms with Crippen LogP contribution in [-0.4, -0.2) is 61.9 Å². The molecule has 2 bridgehead atoms. The van der Waals surface area contributed by atoms with Gasteiger partial charge >= 0.3 is 0 Å². The van der Waals surface area contributed by atoms with E-state index in [1.165, 1.54) is 9.21 Å². The Hall–Kier alpha value is -1.93. The van der Waals surface area contributed by atoms with Gasteiger partial charge in [-0.3, -0.25) is 9.59 Å². The highest BCUT2D eigenvalue weighted by Crippen LogP contribution is 2.69. The Balaban J connectivity index is 1.47. The molecule has 29 heavy (non-hydrogen) atoms. The minimum atomic E-state index is -3.45. The molecule has 2 aliphatic carbocycles. The molecule has 1 aromatic rings. The van der Waals surface area contributed by atoms with Crippen LogP contribution >= 0.6 is 0 Å². The molecule has 0 radical (unpaired) electrons. The van der Waals surface area contributed by atoms with Gasteiger partial charge in [0.1, 0.15) is 0 Å². The van der Waals surface area contributed by atoms with E-state index in [4.69, 9.17) is 0 Å². The summed E-state index contributed by atoms with van der Waals surface area (Å²) in [5, 5.41) is 2.77. The maximum atomic E-state index is 12.9. The summed E-state index contributed by atoms with van der Waals surface area (Å²) < 4.78 is 27.3. The van der Waals surface area contributed by atoms with Gasteiger partial charge in [-0.2, -0.15) is 4.31 Å². The van der Waals surface area contributed by atoms with Crippen molar-refractivity contribution < 1.29 is 18.0 Å². The zero-order valence-electron chi connectivity index (χ0n) is 17.4. The molecule has 4 rings (SSSR count). The number of sulfonamides is 1. The fourth-order valence-electron chi connectivity index (χ4n) is 5.88. The van der Waals surface area contributed by atoms with Gasteiger partial charge in [-0.15, -0.1) is 0 Å². The first-order valence-corrected chi connectivity index (χ1v) is 11.7. The van der Waals surface area contributed by atoms with Crippen molar-refractivity contribution in [1.29, 1.82) is 0 Å². The van der Waals surface area contributed by atoms with E-state index in [1.807, 2.05) is 0 Å². The zero-order valence-corrected chi connectivity index (χ0v) is 18.3. The van der Waals surface area contributed by atoms with E-state index in [-0.39, 0.29) is 41.0 Å². The fourth-order valence-corrected chi connectivity index (χ4v) is 8.39. The van der Waals surface area contributed by atoms with E-state index in [2.05, 4.69) is 19.2 Å². The average molecular weight is 420 g/mol. The van der Waals surface area contributed by atoms with Crippen molar-refractivity contribution >= 4 is 27.5 Å². The van der Waals surface area contributed by atoms with Gasteiger partial charge in [0.2, 0.25) is 15.9 Å². The molecule has 0 unspecified atom stereocenters. The Labute approximate surface area is 172 Å². The second kappa shape index (κ2) is 6.54. The molecule has 2 saturated carbocycles. The van der Waals surface area contributed by atoms with Crippen LogP contribution in [0.1, 0.15) is 43.5 Å². The number of anilines is 1. The van der Waals surface area contributed by atoms with Gasteiger partial charge < -0.3 is 10.2 Å². The van der Waals surface area contributed by atoms with Crippen LogP contribution in [0.15, 0.2) is 24.3 Å². The Morgan fingerprint density at radius 2 is 1.86 bits per heavy atom. The first kappa shape index (κ1) is 20.3. The number of carbonyl (C=O) groups excluding carboxylic acids is 2. The number of amides is 2. The van der Waals surface area contributed by atoms with Crippen molar-refractivity contribution in [3.8, 4) is 0 Å². The molecule has 2 amide bonds. The number of hydrogen-bond acceptors (Lipinski definition) is 4. The lowest BCUT2D eigenvalue weighted by Gasteiger charge is -2.37. The Bertz CT molecular complexity index is 955. The topological polar surface area (TPSA) is 86.8 Å². The van der Waals surface area contributed by atoms with E-state index in [9.17, 15) is 18.0 Å². The third-order valence-corrected chi connectivity index (χ3v) is 9.63. The minimum absolute atomic E-state index is 0.00916. The summed E-state index contributed by atoms with van der Waals surface area (Å²) in [4.78, 5) is 26.1. The Morgan fingerprint density at radius 1 is 1.21 bits per heavy atom. The second-order valence-electron chi connectivity index (χ2n) is 9.49. The van der Waals surface area contributed by atoms with Crippen LogP contribution in [-0.2, 0) is 14.8 Å². The fraction of sp³-hybridized carbons (Fsp3) is 0.619. The van der Waals surface area contributed by atoms with Gasteiger partial charge in [-0.05, 0) is 54.9 Å². The maximum absolute atomic E-state index is 12.9. The number of fused-ring (bicyclic) bond motifs is 1. The zero-order chi connectivity index (χ0) is 21.2. The summed E-state index contributed by atoms with van der Waals surface area (Å²) in [5.41, 5.74) is 0.835. The number of nitrogens with one attached hydrogen (secondary N) is 1. The van der Waals surface area contributed by atoms with Crippen LogP contribution in [0, 0.1) is 16.7 Å². The summed E-state index contributed by atoms with van der Waals surface area (Å²) in [6.45, 7) is 4.23. The molecule has 1 heterocycles. The summed E-state index contributed by atoms with van der Waals surface area (Å²) in [6, 6.07) is 6.55. The van der Waals surface area contributed by atoms with E-state index >= 15 is 0 Å². The summed E-state index contributed by atoms with van der Waals surface area (Å²) in [6.07, 6.45) is 2.85. The molecule has 1 spiro atoms. The molecule has 3 atom stereocenters. The van der Waals surface area contributed by atoms with Crippen LogP contribution in [0.5, 0.6) is 0 Å². The number of nitrogens with zero attached hydrogens (tertiary/aromatic N) is 2. The van der Waals surface area contributed by atoms with E-state index in [0.717, 1.165) is 19.3 Å².